The van der Waals surface area contributed by atoms with Gasteiger partial charge in [-0.3, -0.25) is 4.98 Å². The van der Waals surface area contributed by atoms with E-state index in [1.165, 1.54) is 0 Å². The highest BCUT2D eigenvalue weighted by atomic mass is 16.5. The summed E-state index contributed by atoms with van der Waals surface area (Å²) < 4.78 is 5.33. The van der Waals surface area contributed by atoms with Gasteiger partial charge in [0.05, 0.1) is 22.9 Å². The first-order valence-corrected chi connectivity index (χ1v) is 8.88. The van der Waals surface area contributed by atoms with Crippen LogP contribution in [0, 0.1) is 6.92 Å². The number of aromatic nitrogens is 2. The minimum absolute atomic E-state index is 0.0438. The van der Waals surface area contributed by atoms with Crippen molar-refractivity contribution in [3.8, 4) is 17.0 Å². The molecule has 0 atom stereocenters. The maximum atomic E-state index is 12.2. The summed E-state index contributed by atoms with van der Waals surface area (Å²) in [7, 11) is 0. The first-order valence-electron chi connectivity index (χ1n) is 8.88. The molecule has 138 valence electrons. The number of rotatable bonds is 4. The number of fused-ring (bicyclic) bond motifs is 1. The number of nitrogens with zero attached hydrogens (tertiary/aromatic N) is 2. The topological polar surface area (TPSA) is 72.3 Å². The number of carbonyl (C=O) groups excluding carboxylic acids is 1. The molecule has 0 saturated carbocycles. The summed E-state index contributed by atoms with van der Waals surface area (Å²) in [5.74, 6) is -0.594. The molecule has 3 aromatic carbocycles. The van der Waals surface area contributed by atoms with Gasteiger partial charge in [0, 0.05) is 5.56 Å². The molecule has 0 aliphatic carbocycles. The lowest BCUT2D eigenvalue weighted by atomic mass is 10.1. The third-order valence-corrected chi connectivity index (χ3v) is 4.53. The number of phenols is 1. The van der Waals surface area contributed by atoms with Crippen molar-refractivity contribution >= 4 is 17.0 Å². The SMILES string of the molecule is Cc1cccc(C(=O)OCc2ccc(-c3cnc4ccccc4n3)cc2)c1O. The lowest BCUT2D eigenvalue weighted by Crippen LogP contribution is -2.06. The Kier molecular flexibility index (Phi) is 4.72. The zero-order valence-electron chi connectivity index (χ0n) is 15.3. The van der Waals surface area contributed by atoms with Gasteiger partial charge in [0.25, 0.3) is 0 Å². The second-order valence-electron chi connectivity index (χ2n) is 6.49. The van der Waals surface area contributed by atoms with Gasteiger partial charge in [-0.25, -0.2) is 9.78 Å². The summed E-state index contributed by atoms with van der Waals surface area (Å²) in [6.45, 7) is 1.86. The molecule has 0 amide bonds. The number of hydrogen-bond acceptors (Lipinski definition) is 5. The monoisotopic (exact) mass is 370 g/mol. The maximum Gasteiger partial charge on any atom is 0.342 e. The highest BCUT2D eigenvalue weighted by Gasteiger charge is 2.14. The lowest BCUT2D eigenvalue weighted by molar-refractivity contribution is 0.0469. The Hall–Kier alpha value is -3.73. The third-order valence-electron chi connectivity index (χ3n) is 4.53. The Morgan fingerprint density at radius 3 is 2.50 bits per heavy atom. The normalized spacial score (nSPS) is 10.8. The first-order chi connectivity index (χ1) is 13.6. The van der Waals surface area contributed by atoms with Crippen LogP contribution in [0.3, 0.4) is 0 Å². The first kappa shape index (κ1) is 17.7. The summed E-state index contributed by atoms with van der Waals surface area (Å²) >= 11 is 0. The van der Waals surface area contributed by atoms with E-state index >= 15 is 0 Å². The minimum Gasteiger partial charge on any atom is -0.507 e. The van der Waals surface area contributed by atoms with Crippen LogP contribution in [0.2, 0.25) is 0 Å². The molecule has 0 fully saturated rings. The predicted molar refractivity (Wildman–Crippen MR) is 107 cm³/mol. The van der Waals surface area contributed by atoms with E-state index in [-0.39, 0.29) is 17.9 Å². The fraction of sp³-hybridized carbons (Fsp3) is 0.0870. The van der Waals surface area contributed by atoms with Gasteiger partial charge >= 0.3 is 5.97 Å². The van der Waals surface area contributed by atoms with E-state index in [4.69, 9.17) is 4.74 Å². The van der Waals surface area contributed by atoms with Crippen LogP contribution >= 0.6 is 0 Å². The van der Waals surface area contributed by atoms with Crippen molar-refractivity contribution in [2.45, 2.75) is 13.5 Å². The van der Waals surface area contributed by atoms with Crippen LogP contribution in [0.4, 0.5) is 0 Å². The number of hydrogen-bond donors (Lipinski definition) is 1. The van der Waals surface area contributed by atoms with E-state index in [1.807, 2.05) is 48.5 Å². The molecule has 5 nitrogen and oxygen atoms in total. The molecule has 0 saturated heterocycles. The number of aromatic hydroxyl groups is 1. The van der Waals surface area contributed by atoms with Crippen molar-refractivity contribution in [3.05, 3.63) is 89.6 Å². The Morgan fingerprint density at radius 1 is 0.964 bits per heavy atom. The lowest BCUT2D eigenvalue weighted by Gasteiger charge is -2.08. The maximum absolute atomic E-state index is 12.2. The molecule has 5 heteroatoms. The van der Waals surface area contributed by atoms with Crippen LogP contribution in [0.5, 0.6) is 5.75 Å². The fourth-order valence-corrected chi connectivity index (χ4v) is 2.92. The summed E-state index contributed by atoms with van der Waals surface area (Å²) in [4.78, 5) is 21.3. The van der Waals surface area contributed by atoms with Crippen LogP contribution in [-0.4, -0.2) is 21.0 Å². The second-order valence-corrected chi connectivity index (χ2v) is 6.49. The summed E-state index contributed by atoms with van der Waals surface area (Å²) in [5.41, 5.74) is 5.07. The Morgan fingerprint density at radius 2 is 1.71 bits per heavy atom. The molecule has 1 heterocycles. The molecule has 0 aliphatic rings. The average Bonchev–Trinajstić information content (AvgIpc) is 2.74. The summed E-state index contributed by atoms with van der Waals surface area (Å²) in [6.07, 6.45) is 1.75. The van der Waals surface area contributed by atoms with E-state index in [0.717, 1.165) is 27.9 Å². The number of para-hydroxylation sites is 3. The number of carbonyl (C=O) groups is 1. The van der Waals surface area contributed by atoms with Crippen molar-refractivity contribution in [3.63, 3.8) is 0 Å². The van der Waals surface area contributed by atoms with Gasteiger partial charge in [0.2, 0.25) is 0 Å². The van der Waals surface area contributed by atoms with Gasteiger partial charge in [0.15, 0.2) is 0 Å². The van der Waals surface area contributed by atoms with Crippen LogP contribution in [0.15, 0.2) is 72.9 Å². The van der Waals surface area contributed by atoms with Gasteiger partial charge < -0.3 is 9.84 Å². The highest BCUT2D eigenvalue weighted by molar-refractivity contribution is 5.92. The molecule has 0 unspecified atom stereocenters. The number of esters is 1. The number of aryl methyl sites for hydroxylation is 1. The average molecular weight is 370 g/mol. The largest absolute Gasteiger partial charge is 0.507 e. The van der Waals surface area contributed by atoms with Crippen molar-refractivity contribution in [2.75, 3.05) is 0 Å². The number of ether oxygens (including phenoxy) is 1. The Bertz CT molecular complexity index is 1150. The molecule has 0 bridgehead atoms. The van der Waals surface area contributed by atoms with Gasteiger partial charge in [-0.05, 0) is 36.2 Å². The van der Waals surface area contributed by atoms with E-state index in [2.05, 4.69) is 9.97 Å². The summed E-state index contributed by atoms with van der Waals surface area (Å²) in [6, 6.07) is 20.3. The Labute approximate surface area is 162 Å². The van der Waals surface area contributed by atoms with Crippen LogP contribution in [0.1, 0.15) is 21.5 Å². The zero-order valence-corrected chi connectivity index (χ0v) is 15.3. The highest BCUT2D eigenvalue weighted by Crippen LogP contribution is 2.23. The number of benzene rings is 3. The van der Waals surface area contributed by atoms with Gasteiger partial charge in [-0.2, -0.15) is 0 Å². The molecule has 1 aromatic heterocycles. The van der Waals surface area contributed by atoms with Crippen molar-refractivity contribution in [1.29, 1.82) is 0 Å². The van der Waals surface area contributed by atoms with E-state index in [0.29, 0.717) is 5.56 Å². The van der Waals surface area contributed by atoms with E-state index in [9.17, 15) is 9.90 Å². The fourth-order valence-electron chi connectivity index (χ4n) is 2.92. The number of phenolic OH excluding ortho intramolecular Hbond substituents is 1. The molecule has 4 aromatic rings. The van der Waals surface area contributed by atoms with Crippen LogP contribution in [-0.2, 0) is 11.3 Å². The molecule has 4 rings (SSSR count). The molecular weight excluding hydrogens is 352 g/mol. The van der Waals surface area contributed by atoms with Crippen molar-refractivity contribution in [2.24, 2.45) is 0 Å². The van der Waals surface area contributed by atoms with Crippen LogP contribution < -0.4 is 0 Å². The molecule has 0 radical (unpaired) electrons. The van der Waals surface area contributed by atoms with E-state index < -0.39 is 5.97 Å². The summed E-state index contributed by atoms with van der Waals surface area (Å²) in [5, 5.41) is 9.99. The van der Waals surface area contributed by atoms with Gasteiger partial charge in [0.1, 0.15) is 17.9 Å². The Balaban J connectivity index is 1.47. The minimum atomic E-state index is -0.550. The molecule has 28 heavy (non-hydrogen) atoms. The van der Waals surface area contributed by atoms with Crippen LogP contribution in [0.25, 0.3) is 22.3 Å². The second kappa shape index (κ2) is 7.48. The van der Waals surface area contributed by atoms with Gasteiger partial charge in [-0.1, -0.05) is 48.5 Å². The molecule has 0 spiro atoms. The molecular formula is C23H18N2O3. The zero-order chi connectivity index (χ0) is 19.5. The quantitative estimate of drug-likeness (QED) is 0.529. The standard InChI is InChI=1S/C23H18N2O3/c1-15-5-4-6-18(22(15)26)23(27)28-14-16-9-11-17(12-10-16)21-13-24-19-7-2-3-8-20(19)25-21/h2-13,26H,14H2,1H3. The smallest absolute Gasteiger partial charge is 0.342 e. The van der Waals surface area contributed by atoms with Crippen molar-refractivity contribution < 1.29 is 14.6 Å². The third kappa shape index (κ3) is 3.55. The van der Waals surface area contributed by atoms with E-state index in [1.54, 1.807) is 31.3 Å². The molecule has 0 aliphatic heterocycles. The molecule has 1 N–H and O–H groups in total. The van der Waals surface area contributed by atoms with Crippen molar-refractivity contribution in [1.82, 2.24) is 9.97 Å². The predicted octanol–water partition coefficient (Wildman–Crippen LogP) is 4.67. The van der Waals surface area contributed by atoms with Gasteiger partial charge in [-0.15, -0.1) is 0 Å².